The average molecular weight is 284 g/mol. The first-order valence-corrected chi connectivity index (χ1v) is 8.10. The van der Waals surface area contributed by atoms with Crippen LogP contribution in [0.1, 0.15) is 44.6 Å². The van der Waals surface area contributed by atoms with Crippen LogP contribution < -0.4 is 10.9 Å². The van der Waals surface area contributed by atoms with Crippen LogP contribution in [-0.4, -0.2) is 11.0 Å². The molecule has 1 fully saturated rings. The molecule has 21 heavy (non-hydrogen) atoms. The minimum absolute atomic E-state index is 0.0315. The van der Waals surface area contributed by atoms with Gasteiger partial charge in [-0.1, -0.05) is 44.4 Å². The Morgan fingerprint density at radius 2 is 2.14 bits per heavy atom. The molecular formula is C18H24N2O. The van der Waals surface area contributed by atoms with E-state index in [1.807, 2.05) is 30.3 Å². The Morgan fingerprint density at radius 3 is 3.00 bits per heavy atom. The van der Waals surface area contributed by atoms with Gasteiger partial charge in [0.1, 0.15) is 0 Å². The number of pyridine rings is 1. The van der Waals surface area contributed by atoms with E-state index >= 15 is 0 Å². The molecule has 1 aromatic heterocycles. The minimum Gasteiger partial charge on any atom is -0.322 e. The molecule has 2 aromatic rings. The van der Waals surface area contributed by atoms with Crippen molar-refractivity contribution in [1.82, 2.24) is 10.3 Å². The van der Waals surface area contributed by atoms with Crippen molar-refractivity contribution in [2.75, 3.05) is 0 Å². The number of H-pyrrole nitrogens is 1. The van der Waals surface area contributed by atoms with Gasteiger partial charge >= 0.3 is 0 Å². The van der Waals surface area contributed by atoms with E-state index < -0.39 is 0 Å². The Balaban J connectivity index is 1.70. The van der Waals surface area contributed by atoms with Crippen LogP contribution in [0.3, 0.4) is 0 Å². The molecule has 0 aliphatic heterocycles. The molecule has 0 spiro atoms. The highest BCUT2D eigenvalue weighted by atomic mass is 16.1. The van der Waals surface area contributed by atoms with Crippen molar-refractivity contribution >= 4 is 10.9 Å². The van der Waals surface area contributed by atoms with Crippen LogP contribution in [-0.2, 0) is 6.54 Å². The Morgan fingerprint density at radius 1 is 1.29 bits per heavy atom. The van der Waals surface area contributed by atoms with Gasteiger partial charge < -0.3 is 10.3 Å². The number of fused-ring (bicyclic) bond motifs is 1. The van der Waals surface area contributed by atoms with E-state index in [9.17, 15) is 4.79 Å². The summed E-state index contributed by atoms with van der Waals surface area (Å²) in [6, 6.07) is 10.5. The Labute approximate surface area is 125 Å². The average Bonchev–Trinajstić information content (AvgIpc) is 2.53. The zero-order valence-electron chi connectivity index (χ0n) is 12.7. The summed E-state index contributed by atoms with van der Waals surface area (Å²) < 4.78 is 0. The largest absolute Gasteiger partial charge is 0.322 e. The van der Waals surface area contributed by atoms with E-state index in [1.54, 1.807) is 0 Å². The van der Waals surface area contributed by atoms with E-state index in [-0.39, 0.29) is 5.56 Å². The number of benzene rings is 1. The van der Waals surface area contributed by atoms with E-state index in [2.05, 4.69) is 17.2 Å². The third-order valence-electron chi connectivity index (χ3n) is 4.77. The van der Waals surface area contributed by atoms with Crippen LogP contribution in [0.4, 0.5) is 0 Å². The van der Waals surface area contributed by atoms with Crippen molar-refractivity contribution in [1.29, 1.82) is 0 Å². The molecule has 3 heteroatoms. The van der Waals surface area contributed by atoms with Gasteiger partial charge in [0, 0.05) is 23.7 Å². The van der Waals surface area contributed by atoms with Gasteiger partial charge in [0.25, 0.3) is 5.56 Å². The predicted octanol–water partition coefficient (Wildman–Crippen LogP) is 3.59. The summed E-state index contributed by atoms with van der Waals surface area (Å²) >= 11 is 0. The molecule has 1 aliphatic carbocycles. The molecular weight excluding hydrogens is 260 g/mol. The zero-order valence-corrected chi connectivity index (χ0v) is 12.7. The lowest BCUT2D eigenvalue weighted by molar-refractivity contribution is 0.278. The smallest absolute Gasteiger partial charge is 0.252 e. The Kier molecular flexibility index (Phi) is 4.39. The van der Waals surface area contributed by atoms with Gasteiger partial charge in [0.2, 0.25) is 0 Å². The summed E-state index contributed by atoms with van der Waals surface area (Å²) in [6.45, 7) is 2.95. The fourth-order valence-electron chi connectivity index (χ4n) is 3.43. The Bertz CT molecular complexity index is 662. The summed E-state index contributed by atoms with van der Waals surface area (Å²) in [5.41, 5.74) is 1.78. The Hall–Kier alpha value is -1.61. The molecule has 0 bridgehead atoms. The fourth-order valence-corrected chi connectivity index (χ4v) is 3.43. The standard InChI is InChI=1S/C18H24N2O/c1-2-13-6-5-8-16(10-13)19-12-15-11-14-7-3-4-9-17(14)20-18(15)21/h3-4,7,9,11,13,16,19H,2,5-6,8,10,12H2,1H3,(H,20,21). The lowest BCUT2D eigenvalue weighted by Gasteiger charge is -2.29. The van der Waals surface area contributed by atoms with Crippen molar-refractivity contribution in [3.63, 3.8) is 0 Å². The molecule has 0 radical (unpaired) electrons. The molecule has 0 saturated heterocycles. The second-order valence-electron chi connectivity index (χ2n) is 6.23. The van der Waals surface area contributed by atoms with E-state index in [1.165, 1.54) is 32.1 Å². The number of hydrogen-bond donors (Lipinski definition) is 2. The van der Waals surface area contributed by atoms with Crippen molar-refractivity contribution in [3.05, 3.63) is 46.2 Å². The van der Waals surface area contributed by atoms with Gasteiger partial charge in [-0.3, -0.25) is 4.79 Å². The summed E-state index contributed by atoms with van der Waals surface area (Å²) in [5, 5.41) is 4.69. The third kappa shape index (κ3) is 3.35. The highest BCUT2D eigenvalue weighted by molar-refractivity contribution is 5.78. The molecule has 1 saturated carbocycles. The van der Waals surface area contributed by atoms with E-state index in [4.69, 9.17) is 0 Å². The molecule has 3 rings (SSSR count). The van der Waals surface area contributed by atoms with Crippen molar-refractivity contribution in [3.8, 4) is 0 Å². The minimum atomic E-state index is 0.0315. The molecule has 0 amide bonds. The van der Waals surface area contributed by atoms with Crippen LogP contribution in [0.5, 0.6) is 0 Å². The molecule has 1 aliphatic rings. The molecule has 3 nitrogen and oxygen atoms in total. The lowest BCUT2D eigenvalue weighted by atomic mass is 9.84. The summed E-state index contributed by atoms with van der Waals surface area (Å²) in [6.07, 6.45) is 6.44. The van der Waals surface area contributed by atoms with Crippen LogP contribution in [0.15, 0.2) is 35.1 Å². The topological polar surface area (TPSA) is 44.9 Å². The molecule has 1 aromatic carbocycles. The molecule has 1 heterocycles. The summed E-state index contributed by atoms with van der Waals surface area (Å²) in [7, 11) is 0. The summed E-state index contributed by atoms with van der Waals surface area (Å²) in [5.74, 6) is 0.853. The van der Waals surface area contributed by atoms with Crippen LogP contribution in [0.25, 0.3) is 10.9 Å². The fraction of sp³-hybridized carbons (Fsp3) is 0.500. The monoisotopic (exact) mass is 284 g/mol. The highest BCUT2D eigenvalue weighted by Gasteiger charge is 2.20. The van der Waals surface area contributed by atoms with Crippen LogP contribution >= 0.6 is 0 Å². The van der Waals surface area contributed by atoms with Crippen LogP contribution in [0.2, 0.25) is 0 Å². The zero-order chi connectivity index (χ0) is 14.7. The molecule has 2 unspecified atom stereocenters. The van der Waals surface area contributed by atoms with Gasteiger partial charge in [-0.15, -0.1) is 0 Å². The first-order valence-electron chi connectivity index (χ1n) is 8.10. The van der Waals surface area contributed by atoms with Crippen molar-refractivity contribution in [2.45, 2.75) is 51.6 Å². The molecule has 2 N–H and O–H groups in total. The maximum atomic E-state index is 12.1. The third-order valence-corrected chi connectivity index (χ3v) is 4.77. The predicted molar refractivity (Wildman–Crippen MR) is 87.4 cm³/mol. The van der Waals surface area contributed by atoms with Gasteiger partial charge in [-0.25, -0.2) is 0 Å². The second kappa shape index (κ2) is 6.44. The second-order valence-corrected chi connectivity index (χ2v) is 6.23. The van der Waals surface area contributed by atoms with Crippen LogP contribution in [0, 0.1) is 5.92 Å². The SMILES string of the molecule is CCC1CCCC(NCc2cc3ccccc3[nH]c2=O)C1. The maximum absolute atomic E-state index is 12.1. The lowest BCUT2D eigenvalue weighted by Crippen LogP contribution is -2.35. The number of hydrogen-bond acceptors (Lipinski definition) is 2. The maximum Gasteiger partial charge on any atom is 0.252 e. The number of rotatable bonds is 4. The summed E-state index contributed by atoms with van der Waals surface area (Å²) in [4.78, 5) is 15.1. The van der Waals surface area contributed by atoms with Gasteiger partial charge in [0.15, 0.2) is 0 Å². The molecule has 112 valence electrons. The van der Waals surface area contributed by atoms with E-state index in [0.717, 1.165) is 22.4 Å². The first kappa shape index (κ1) is 14.3. The molecule has 2 atom stereocenters. The first-order chi connectivity index (χ1) is 10.3. The highest BCUT2D eigenvalue weighted by Crippen LogP contribution is 2.26. The number of aromatic amines is 1. The normalized spacial score (nSPS) is 22.5. The number of para-hydroxylation sites is 1. The van der Waals surface area contributed by atoms with Gasteiger partial charge in [-0.05, 0) is 36.3 Å². The quantitative estimate of drug-likeness (QED) is 0.901. The van der Waals surface area contributed by atoms with Crippen molar-refractivity contribution < 1.29 is 0 Å². The van der Waals surface area contributed by atoms with Gasteiger partial charge in [0.05, 0.1) is 0 Å². The number of nitrogens with one attached hydrogen (secondary N) is 2. The number of aromatic nitrogens is 1. The van der Waals surface area contributed by atoms with E-state index in [0.29, 0.717) is 12.6 Å². The van der Waals surface area contributed by atoms with Crippen molar-refractivity contribution in [2.24, 2.45) is 5.92 Å². The van der Waals surface area contributed by atoms with Gasteiger partial charge in [-0.2, -0.15) is 0 Å².